The van der Waals surface area contributed by atoms with Crippen LogP contribution in [0.25, 0.3) is 0 Å². The van der Waals surface area contributed by atoms with Crippen LogP contribution >= 0.6 is 7.75 Å². The van der Waals surface area contributed by atoms with Crippen molar-refractivity contribution in [3.63, 3.8) is 0 Å². The van der Waals surface area contributed by atoms with E-state index < -0.39 is 48.6 Å². The third kappa shape index (κ3) is 6.14. The van der Waals surface area contributed by atoms with Gasteiger partial charge in [0, 0.05) is 6.04 Å². The van der Waals surface area contributed by atoms with Gasteiger partial charge >= 0.3 is 7.75 Å². The normalized spacial score (nSPS) is 13.9. The first-order valence-electron chi connectivity index (χ1n) is 10.1. The molecule has 0 heterocycles. The van der Waals surface area contributed by atoms with E-state index >= 15 is 0 Å². The molecule has 0 fully saturated rings. The van der Waals surface area contributed by atoms with Crippen LogP contribution in [0, 0.1) is 36.0 Å². The number of rotatable bonds is 10. The number of ether oxygens (including phenoxy) is 1. The fraction of sp³-hybridized carbons (Fsp3) is 0.217. The van der Waals surface area contributed by atoms with Crippen molar-refractivity contribution >= 4 is 7.75 Å². The van der Waals surface area contributed by atoms with E-state index in [1.807, 2.05) is 31.2 Å². The van der Waals surface area contributed by atoms with Crippen molar-refractivity contribution < 1.29 is 40.3 Å². The summed E-state index contributed by atoms with van der Waals surface area (Å²) in [5, 5.41) is 2.41. The first-order chi connectivity index (χ1) is 16.1. The second-order valence-corrected chi connectivity index (χ2v) is 8.98. The summed E-state index contributed by atoms with van der Waals surface area (Å²) in [4.78, 5) is 0. The maximum absolute atomic E-state index is 14.2. The van der Waals surface area contributed by atoms with E-state index in [2.05, 4.69) is 5.09 Å². The molecule has 0 aliphatic heterocycles. The quantitative estimate of drug-likeness (QED) is 0.150. The zero-order valence-electron chi connectivity index (χ0n) is 18.2. The zero-order chi connectivity index (χ0) is 24.9. The van der Waals surface area contributed by atoms with Gasteiger partial charge in [-0.3, -0.25) is 0 Å². The molecule has 3 rings (SSSR count). The molecular formula is C23H21F5NO4P. The smallest absolute Gasteiger partial charge is 0.405 e. The third-order valence-electron chi connectivity index (χ3n) is 4.61. The van der Waals surface area contributed by atoms with Crippen molar-refractivity contribution in [1.82, 2.24) is 5.09 Å². The van der Waals surface area contributed by atoms with Crippen LogP contribution in [0.15, 0.2) is 54.6 Å². The highest BCUT2D eigenvalue weighted by Gasteiger charge is 2.36. The van der Waals surface area contributed by atoms with Gasteiger partial charge in [-0.05, 0) is 37.1 Å². The van der Waals surface area contributed by atoms with Gasteiger partial charge in [-0.15, -0.1) is 0 Å². The molecule has 1 unspecified atom stereocenters. The molecule has 182 valence electrons. The van der Waals surface area contributed by atoms with Crippen LogP contribution in [0.1, 0.15) is 18.1 Å². The van der Waals surface area contributed by atoms with Gasteiger partial charge < -0.3 is 13.8 Å². The SMILES string of the molecule is Cc1ccccc1COC[C@@H](C)NP(=O)(Oc1ccccc1)Oc1c(F)c(F)c(F)c(F)c1F. The Hall–Kier alpha value is -2.94. The van der Waals surface area contributed by atoms with Crippen LogP contribution in [0.4, 0.5) is 22.0 Å². The van der Waals surface area contributed by atoms with Crippen LogP contribution in [0.3, 0.4) is 0 Å². The van der Waals surface area contributed by atoms with Crippen molar-refractivity contribution in [2.75, 3.05) is 6.61 Å². The summed E-state index contributed by atoms with van der Waals surface area (Å²) in [6.07, 6.45) is 0. The lowest BCUT2D eigenvalue weighted by atomic mass is 10.1. The lowest BCUT2D eigenvalue weighted by Gasteiger charge is -2.24. The van der Waals surface area contributed by atoms with Crippen LogP contribution in [0.5, 0.6) is 11.5 Å². The van der Waals surface area contributed by atoms with E-state index in [1.54, 1.807) is 6.07 Å². The van der Waals surface area contributed by atoms with Crippen molar-refractivity contribution in [3.8, 4) is 11.5 Å². The number of hydrogen-bond acceptors (Lipinski definition) is 4. The summed E-state index contributed by atoms with van der Waals surface area (Å²) >= 11 is 0. The Morgan fingerprint density at radius 2 is 1.38 bits per heavy atom. The molecule has 0 aromatic heterocycles. The minimum absolute atomic E-state index is 0.0322. The van der Waals surface area contributed by atoms with Gasteiger partial charge in [0.25, 0.3) is 0 Å². The second-order valence-electron chi connectivity index (χ2n) is 7.36. The molecule has 34 heavy (non-hydrogen) atoms. The molecule has 11 heteroatoms. The Morgan fingerprint density at radius 1 is 0.824 bits per heavy atom. The molecule has 0 aliphatic rings. The second kappa shape index (κ2) is 11.0. The fourth-order valence-electron chi connectivity index (χ4n) is 2.90. The number of nitrogens with one attached hydrogen (secondary N) is 1. The first kappa shape index (κ1) is 25.7. The number of hydrogen-bond donors (Lipinski definition) is 1. The van der Waals surface area contributed by atoms with Crippen molar-refractivity contribution in [1.29, 1.82) is 0 Å². The van der Waals surface area contributed by atoms with E-state index in [1.165, 1.54) is 31.2 Å². The Morgan fingerprint density at radius 3 is 2.00 bits per heavy atom. The van der Waals surface area contributed by atoms with Gasteiger partial charge in [-0.2, -0.15) is 13.9 Å². The molecule has 0 radical (unpaired) electrons. The van der Waals surface area contributed by atoms with Gasteiger partial charge in [0.1, 0.15) is 5.75 Å². The standard InChI is InChI=1S/C23H21F5NO4P/c1-14-8-6-7-9-16(14)13-31-12-15(2)29-34(30,32-17-10-4-3-5-11-17)33-23-21(27)19(25)18(24)20(26)22(23)28/h3-11,15H,12-13H2,1-2H3,(H,29,30)/t15-,34?/m1/s1. The summed E-state index contributed by atoms with van der Waals surface area (Å²) in [5.41, 5.74) is 1.91. The van der Waals surface area contributed by atoms with Gasteiger partial charge in [-0.25, -0.2) is 17.7 Å². The highest BCUT2D eigenvalue weighted by molar-refractivity contribution is 7.52. The van der Waals surface area contributed by atoms with Gasteiger partial charge in [0.2, 0.25) is 34.8 Å². The highest BCUT2D eigenvalue weighted by Crippen LogP contribution is 2.47. The molecule has 1 N–H and O–H groups in total. The molecule has 0 aliphatic carbocycles. The van der Waals surface area contributed by atoms with Crippen molar-refractivity contribution in [2.45, 2.75) is 26.5 Å². The largest absolute Gasteiger partial charge is 0.513 e. The maximum Gasteiger partial charge on any atom is 0.513 e. The van der Waals surface area contributed by atoms with Crippen LogP contribution in [-0.2, 0) is 15.9 Å². The lowest BCUT2D eigenvalue weighted by Crippen LogP contribution is -2.32. The molecule has 2 atom stereocenters. The summed E-state index contributed by atoms with van der Waals surface area (Å²) in [6, 6.07) is 14.1. The van der Waals surface area contributed by atoms with E-state index in [0.29, 0.717) is 0 Å². The molecule has 3 aromatic carbocycles. The summed E-state index contributed by atoms with van der Waals surface area (Å²) in [6.45, 7) is 3.60. The van der Waals surface area contributed by atoms with E-state index in [9.17, 15) is 26.5 Å². The average Bonchev–Trinajstić information content (AvgIpc) is 2.81. The summed E-state index contributed by atoms with van der Waals surface area (Å²) in [7, 11) is -4.72. The average molecular weight is 501 g/mol. The molecule has 5 nitrogen and oxygen atoms in total. The minimum Gasteiger partial charge on any atom is -0.405 e. The minimum atomic E-state index is -4.72. The monoisotopic (exact) mass is 501 g/mol. The Kier molecular flexibility index (Phi) is 8.30. The van der Waals surface area contributed by atoms with E-state index in [4.69, 9.17) is 13.8 Å². The summed E-state index contributed by atoms with van der Waals surface area (Å²) in [5.74, 6) is -13.2. The first-order valence-corrected chi connectivity index (χ1v) is 11.6. The number of halogens is 5. The highest BCUT2D eigenvalue weighted by atomic mass is 31.2. The molecule has 0 saturated carbocycles. The fourth-order valence-corrected chi connectivity index (χ4v) is 4.46. The predicted molar refractivity (Wildman–Crippen MR) is 115 cm³/mol. The maximum atomic E-state index is 14.2. The number of para-hydroxylation sites is 1. The lowest BCUT2D eigenvalue weighted by molar-refractivity contribution is 0.106. The van der Waals surface area contributed by atoms with Crippen molar-refractivity contribution in [3.05, 3.63) is 94.8 Å². The van der Waals surface area contributed by atoms with Crippen LogP contribution in [0.2, 0.25) is 0 Å². The molecule has 0 saturated heterocycles. The molecule has 3 aromatic rings. The van der Waals surface area contributed by atoms with Crippen molar-refractivity contribution in [2.24, 2.45) is 0 Å². The van der Waals surface area contributed by atoms with Gasteiger partial charge in [0.05, 0.1) is 13.2 Å². The molecular weight excluding hydrogens is 480 g/mol. The van der Waals surface area contributed by atoms with Gasteiger partial charge in [-0.1, -0.05) is 42.5 Å². The number of benzene rings is 3. The predicted octanol–water partition coefficient (Wildman–Crippen LogP) is 6.45. The Bertz CT molecular complexity index is 1170. The molecule has 0 spiro atoms. The molecule has 0 bridgehead atoms. The Labute approximate surface area is 193 Å². The topological polar surface area (TPSA) is 56.8 Å². The molecule has 0 amide bonds. The summed E-state index contributed by atoms with van der Waals surface area (Å²) < 4.78 is 98.0. The van der Waals surface area contributed by atoms with E-state index in [-0.39, 0.29) is 19.0 Å². The van der Waals surface area contributed by atoms with Gasteiger partial charge in [0.15, 0.2) is 0 Å². The Balaban J connectivity index is 1.81. The zero-order valence-corrected chi connectivity index (χ0v) is 19.1. The van der Waals surface area contributed by atoms with Crippen LogP contribution in [-0.4, -0.2) is 12.6 Å². The van der Waals surface area contributed by atoms with Crippen LogP contribution < -0.4 is 14.1 Å². The third-order valence-corrected chi connectivity index (χ3v) is 6.25. The van der Waals surface area contributed by atoms with E-state index in [0.717, 1.165) is 11.1 Å². The number of aryl methyl sites for hydroxylation is 1.